The van der Waals surface area contributed by atoms with Crippen LogP contribution in [0.25, 0.3) is 0 Å². The monoisotopic (exact) mass is 391 g/mol. The number of hydrogen-bond donors (Lipinski definition) is 1. The summed E-state index contributed by atoms with van der Waals surface area (Å²) >= 11 is 0. The molecule has 148 valence electrons. The summed E-state index contributed by atoms with van der Waals surface area (Å²) in [5.41, 5.74) is 0.672. The zero-order valence-corrected chi connectivity index (χ0v) is 14.9. The lowest BCUT2D eigenvalue weighted by molar-refractivity contribution is -0.386. The molecular formula is C19H19F2N3O4. The Hall–Kier alpha value is -3.23. The van der Waals surface area contributed by atoms with Gasteiger partial charge in [-0.25, -0.2) is 0 Å². The van der Waals surface area contributed by atoms with Gasteiger partial charge in [-0.1, -0.05) is 18.2 Å². The van der Waals surface area contributed by atoms with Gasteiger partial charge in [0.15, 0.2) is 0 Å². The van der Waals surface area contributed by atoms with E-state index < -0.39 is 23.0 Å². The number of nitrogens with zero attached hydrogens (tertiary/aromatic N) is 2. The molecule has 0 spiro atoms. The number of nitro groups is 1. The maximum absolute atomic E-state index is 12.6. The van der Waals surface area contributed by atoms with E-state index in [0.29, 0.717) is 30.9 Å². The second-order valence-corrected chi connectivity index (χ2v) is 6.43. The fraction of sp³-hybridized carbons (Fsp3) is 0.316. The number of alkyl halides is 2. The molecule has 1 heterocycles. The molecule has 9 heteroatoms. The summed E-state index contributed by atoms with van der Waals surface area (Å²) in [6, 6.07) is 12.9. The van der Waals surface area contributed by atoms with Crippen LogP contribution in [0.5, 0.6) is 5.75 Å². The molecule has 7 nitrogen and oxygen atoms in total. The van der Waals surface area contributed by atoms with Crippen molar-refractivity contribution in [3.8, 4) is 5.75 Å². The number of nitro benzene ring substituents is 1. The van der Waals surface area contributed by atoms with Crippen molar-refractivity contribution in [2.24, 2.45) is 5.92 Å². The normalized spacial score (nSPS) is 16.7. The van der Waals surface area contributed by atoms with Crippen molar-refractivity contribution in [1.82, 2.24) is 0 Å². The summed E-state index contributed by atoms with van der Waals surface area (Å²) in [5.74, 6) is -0.904. The van der Waals surface area contributed by atoms with Crippen LogP contribution in [-0.4, -0.2) is 30.5 Å². The molecule has 0 unspecified atom stereocenters. The molecule has 1 amide bonds. The number of hydrogen-bond acceptors (Lipinski definition) is 5. The molecule has 0 aromatic heterocycles. The van der Waals surface area contributed by atoms with Crippen LogP contribution < -0.4 is 15.0 Å². The number of benzene rings is 2. The van der Waals surface area contributed by atoms with Crippen molar-refractivity contribution < 1.29 is 23.2 Å². The molecule has 2 aromatic rings. The first-order chi connectivity index (χ1) is 13.4. The van der Waals surface area contributed by atoms with Crippen LogP contribution in [0.4, 0.5) is 25.8 Å². The van der Waals surface area contributed by atoms with Crippen molar-refractivity contribution in [2.75, 3.05) is 23.3 Å². The van der Waals surface area contributed by atoms with Gasteiger partial charge in [0, 0.05) is 36.6 Å². The van der Waals surface area contributed by atoms with Gasteiger partial charge in [-0.3, -0.25) is 14.9 Å². The van der Waals surface area contributed by atoms with E-state index in [9.17, 15) is 23.7 Å². The minimum Gasteiger partial charge on any atom is -0.427 e. The van der Waals surface area contributed by atoms with E-state index in [2.05, 4.69) is 10.1 Å². The Morgan fingerprint density at radius 3 is 2.68 bits per heavy atom. The number of carbonyl (C=O) groups is 1. The van der Waals surface area contributed by atoms with Gasteiger partial charge in [0.1, 0.15) is 0 Å². The molecule has 1 fully saturated rings. The van der Waals surface area contributed by atoms with Gasteiger partial charge in [-0.2, -0.15) is 8.78 Å². The summed E-state index contributed by atoms with van der Waals surface area (Å²) in [7, 11) is 0. The van der Waals surface area contributed by atoms with E-state index in [1.54, 1.807) is 12.1 Å². The number of amides is 1. The zero-order valence-electron chi connectivity index (χ0n) is 14.9. The van der Waals surface area contributed by atoms with Crippen molar-refractivity contribution in [1.29, 1.82) is 0 Å². The van der Waals surface area contributed by atoms with E-state index in [0.717, 1.165) is 12.5 Å². The zero-order chi connectivity index (χ0) is 20.1. The number of anilines is 2. The molecular weight excluding hydrogens is 372 g/mol. The highest BCUT2D eigenvalue weighted by molar-refractivity contribution is 5.93. The van der Waals surface area contributed by atoms with Crippen LogP contribution in [-0.2, 0) is 4.79 Å². The third kappa shape index (κ3) is 4.73. The maximum Gasteiger partial charge on any atom is 0.387 e. The molecule has 2 aromatic carbocycles. The summed E-state index contributed by atoms with van der Waals surface area (Å²) < 4.78 is 29.5. The molecule has 0 saturated carbocycles. The molecule has 1 aliphatic heterocycles. The Morgan fingerprint density at radius 1 is 1.25 bits per heavy atom. The molecule has 1 atom stereocenters. The summed E-state index contributed by atoms with van der Waals surface area (Å²) in [6.07, 6.45) is 1.43. The van der Waals surface area contributed by atoms with Crippen LogP contribution in [0.3, 0.4) is 0 Å². The lowest BCUT2D eigenvalue weighted by Gasteiger charge is -2.33. The van der Waals surface area contributed by atoms with Gasteiger partial charge in [0.2, 0.25) is 11.7 Å². The van der Waals surface area contributed by atoms with Crippen LogP contribution in [0.2, 0.25) is 0 Å². The standard InChI is InChI=1S/C19H19F2N3O4/c20-19(21)28-17-11-15(8-9-16(17)24(26)27)23-10-4-5-13(12-23)18(25)22-14-6-2-1-3-7-14/h1-3,6-9,11,13,19H,4-5,10,12H2,(H,22,25)/t13-/m0/s1. The minimum atomic E-state index is -3.17. The molecule has 0 bridgehead atoms. The third-order valence-electron chi connectivity index (χ3n) is 4.55. The van der Waals surface area contributed by atoms with Gasteiger partial charge in [0.25, 0.3) is 0 Å². The molecule has 1 aliphatic rings. The van der Waals surface area contributed by atoms with Gasteiger partial charge < -0.3 is 15.0 Å². The predicted molar refractivity (Wildman–Crippen MR) is 99.7 cm³/mol. The highest BCUT2D eigenvalue weighted by Crippen LogP contribution is 2.34. The van der Waals surface area contributed by atoms with E-state index >= 15 is 0 Å². The Labute approximate surface area is 160 Å². The number of nitrogens with one attached hydrogen (secondary N) is 1. The molecule has 28 heavy (non-hydrogen) atoms. The number of rotatable bonds is 6. The summed E-state index contributed by atoms with van der Waals surface area (Å²) in [4.78, 5) is 24.6. The summed E-state index contributed by atoms with van der Waals surface area (Å²) in [5, 5.41) is 13.9. The van der Waals surface area contributed by atoms with Gasteiger partial charge >= 0.3 is 12.3 Å². The van der Waals surface area contributed by atoms with Gasteiger partial charge in [-0.15, -0.1) is 0 Å². The molecule has 1 saturated heterocycles. The quantitative estimate of drug-likeness (QED) is 0.593. The smallest absolute Gasteiger partial charge is 0.387 e. The minimum absolute atomic E-state index is 0.123. The fourth-order valence-corrected chi connectivity index (χ4v) is 3.23. The van der Waals surface area contributed by atoms with Crippen LogP contribution in [0.15, 0.2) is 48.5 Å². The maximum atomic E-state index is 12.6. The highest BCUT2D eigenvalue weighted by Gasteiger charge is 2.28. The van der Waals surface area contributed by atoms with Crippen LogP contribution in [0, 0.1) is 16.0 Å². The lowest BCUT2D eigenvalue weighted by atomic mass is 9.96. The Morgan fingerprint density at radius 2 is 2.00 bits per heavy atom. The first-order valence-corrected chi connectivity index (χ1v) is 8.78. The largest absolute Gasteiger partial charge is 0.427 e. The predicted octanol–water partition coefficient (Wildman–Crippen LogP) is 4.05. The van der Waals surface area contributed by atoms with Crippen LogP contribution in [0.1, 0.15) is 12.8 Å². The highest BCUT2D eigenvalue weighted by atomic mass is 19.3. The second kappa shape index (κ2) is 8.64. The first-order valence-electron chi connectivity index (χ1n) is 8.78. The van der Waals surface area contributed by atoms with Gasteiger partial charge in [-0.05, 0) is 31.0 Å². The average Bonchev–Trinajstić information content (AvgIpc) is 2.68. The molecule has 3 rings (SSSR count). The first kappa shape index (κ1) is 19.5. The van der Waals surface area contributed by atoms with Crippen molar-refractivity contribution in [2.45, 2.75) is 19.5 Å². The van der Waals surface area contributed by atoms with Crippen LogP contribution >= 0.6 is 0 Å². The average molecular weight is 391 g/mol. The SMILES string of the molecule is O=C(Nc1ccccc1)[C@H]1CCCN(c2ccc([N+](=O)[O-])c(OC(F)F)c2)C1. The van der Waals surface area contributed by atoms with Crippen molar-refractivity contribution in [3.05, 3.63) is 58.6 Å². The third-order valence-corrected chi connectivity index (χ3v) is 4.55. The van der Waals surface area contributed by atoms with Crippen molar-refractivity contribution >= 4 is 23.0 Å². The van der Waals surface area contributed by atoms with E-state index in [4.69, 9.17) is 0 Å². The van der Waals surface area contributed by atoms with E-state index in [-0.39, 0.29) is 11.8 Å². The number of piperidine rings is 1. The fourth-order valence-electron chi connectivity index (χ4n) is 3.23. The number of carbonyl (C=O) groups excluding carboxylic acids is 1. The molecule has 1 N–H and O–H groups in total. The molecule has 0 radical (unpaired) electrons. The number of ether oxygens (including phenoxy) is 1. The number of para-hydroxylation sites is 1. The van der Waals surface area contributed by atoms with Gasteiger partial charge in [0.05, 0.1) is 10.8 Å². The lowest BCUT2D eigenvalue weighted by Crippen LogP contribution is -2.40. The molecule has 0 aliphatic carbocycles. The Balaban J connectivity index is 1.74. The van der Waals surface area contributed by atoms with Crippen molar-refractivity contribution in [3.63, 3.8) is 0 Å². The van der Waals surface area contributed by atoms with E-state index in [1.807, 2.05) is 23.1 Å². The summed E-state index contributed by atoms with van der Waals surface area (Å²) in [6.45, 7) is -2.18. The van der Waals surface area contributed by atoms with E-state index in [1.165, 1.54) is 12.1 Å². The Bertz CT molecular complexity index is 848. The number of halogens is 2. The Kier molecular flexibility index (Phi) is 6.03. The second-order valence-electron chi connectivity index (χ2n) is 6.43. The topological polar surface area (TPSA) is 84.7 Å².